The first-order valence-electron chi connectivity index (χ1n) is 7.50. The molecule has 3 aromatic heterocycles. The average molecular weight is 330 g/mol. The van der Waals surface area contributed by atoms with Gasteiger partial charge < -0.3 is 9.84 Å². The third kappa shape index (κ3) is 3.05. The lowest BCUT2D eigenvalue weighted by molar-refractivity contribution is -0.116. The predicted octanol–water partition coefficient (Wildman–Crippen LogP) is 1.36. The lowest BCUT2D eigenvalue weighted by Crippen LogP contribution is -2.26. The largest absolute Gasteiger partial charge is 0.363 e. The number of hydrogen-bond acceptors (Lipinski definition) is 6. The highest BCUT2D eigenvalue weighted by Gasteiger charge is 2.19. The van der Waals surface area contributed by atoms with Crippen molar-refractivity contribution in [2.24, 2.45) is 0 Å². The number of hydrogen-bond donors (Lipinski definition) is 1. The third-order valence-electron chi connectivity index (χ3n) is 3.47. The molecule has 9 nitrogen and oxygen atoms in total. The van der Waals surface area contributed by atoms with E-state index in [-0.39, 0.29) is 30.0 Å². The van der Waals surface area contributed by atoms with E-state index in [1.54, 1.807) is 10.7 Å². The second-order valence-corrected chi connectivity index (χ2v) is 6.39. The van der Waals surface area contributed by atoms with Gasteiger partial charge in [0.05, 0.1) is 18.1 Å². The summed E-state index contributed by atoms with van der Waals surface area (Å²) < 4.78 is 7.75. The Bertz CT molecular complexity index is 917. The molecule has 126 valence electrons. The molecule has 9 heteroatoms. The van der Waals surface area contributed by atoms with Gasteiger partial charge in [-0.3, -0.25) is 14.2 Å². The van der Waals surface area contributed by atoms with Crippen LogP contribution < -0.4 is 10.9 Å². The second-order valence-electron chi connectivity index (χ2n) is 6.39. The Morgan fingerprint density at radius 3 is 2.83 bits per heavy atom. The van der Waals surface area contributed by atoms with Crippen molar-refractivity contribution in [2.45, 2.75) is 39.3 Å². The molecule has 24 heavy (non-hydrogen) atoms. The van der Waals surface area contributed by atoms with E-state index in [1.165, 1.54) is 23.4 Å². The molecule has 0 aliphatic heterocycles. The van der Waals surface area contributed by atoms with Crippen LogP contribution in [-0.4, -0.2) is 30.4 Å². The summed E-state index contributed by atoms with van der Waals surface area (Å²) in [5.41, 5.74) is 0.0470. The summed E-state index contributed by atoms with van der Waals surface area (Å²) in [5, 5.41) is 10.9. The molecule has 0 unspecified atom stereocenters. The maximum atomic E-state index is 12.5. The second kappa shape index (κ2) is 5.91. The summed E-state index contributed by atoms with van der Waals surface area (Å²) in [6.45, 7) is 6.18. The van der Waals surface area contributed by atoms with Gasteiger partial charge in [-0.1, -0.05) is 5.16 Å². The summed E-state index contributed by atoms with van der Waals surface area (Å²) in [4.78, 5) is 28.7. The zero-order chi connectivity index (χ0) is 17.3. The van der Waals surface area contributed by atoms with Gasteiger partial charge in [-0.05, 0) is 20.8 Å². The van der Waals surface area contributed by atoms with Crippen LogP contribution in [-0.2, 0) is 16.9 Å². The molecular formula is C15H18N6O3. The molecule has 0 saturated carbocycles. The van der Waals surface area contributed by atoms with Crippen LogP contribution in [0.3, 0.4) is 0 Å². The molecule has 0 atom stereocenters. The van der Waals surface area contributed by atoms with Crippen LogP contribution in [0.25, 0.3) is 11.0 Å². The van der Waals surface area contributed by atoms with Crippen LogP contribution in [0.2, 0.25) is 0 Å². The number of anilines is 1. The number of fused-ring (bicyclic) bond motifs is 1. The molecule has 1 N–H and O–H groups in total. The van der Waals surface area contributed by atoms with Crippen molar-refractivity contribution in [1.82, 2.24) is 24.5 Å². The zero-order valence-electron chi connectivity index (χ0n) is 13.7. The minimum atomic E-state index is -0.273. The summed E-state index contributed by atoms with van der Waals surface area (Å²) >= 11 is 0. The molecular weight excluding hydrogens is 312 g/mol. The van der Waals surface area contributed by atoms with Crippen molar-refractivity contribution in [3.05, 3.63) is 35.2 Å². The van der Waals surface area contributed by atoms with Gasteiger partial charge in [0.2, 0.25) is 5.91 Å². The van der Waals surface area contributed by atoms with Gasteiger partial charge in [-0.25, -0.2) is 9.67 Å². The van der Waals surface area contributed by atoms with Crippen LogP contribution in [0.5, 0.6) is 0 Å². The molecule has 0 spiro atoms. The smallest absolute Gasteiger partial charge is 0.264 e. The van der Waals surface area contributed by atoms with Crippen molar-refractivity contribution in [3.8, 4) is 0 Å². The van der Waals surface area contributed by atoms with Crippen LogP contribution in [0.4, 0.5) is 5.82 Å². The van der Waals surface area contributed by atoms with Gasteiger partial charge in [-0.15, -0.1) is 0 Å². The Kier molecular flexibility index (Phi) is 3.92. The van der Waals surface area contributed by atoms with E-state index in [9.17, 15) is 9.59 Å². The maximum absolute atomic E-state index is 12.5. The van der Waals surface area contributed by atoms with Gasteiger partial charge in [-0.2, -0.15) is 5.10 Å². The van der Waals surface area contributed by atoms with E-state index in [1.807, 2.05) is 20.8 Å². The highest BCUT2D eigenvalue weighted by Crippen LogP contribution is 2.17. The SMILES string of the molecule is CC(C)(C)n1ncc2c(=O)n(CCC(=O)Nc3ccon3)cnc21. The number of rotatable bonds is 4. The first kappa shape index (κ1) is 15.9. The first-order chi connectivity index (χ1) is 11.4. The summed E-state index contributed by atoms with van der Waals surface area (Å²) in [6.07, 6.45) is 4.44. The fourth-order valence-corrected chi connectivity index (χ4v) is 2.30. The molecule has 1 amide bonds. The van der Waals surface area contributed by atoms with E-state index >= 15 is 0 Å². The fraction of sp³-hybridized carbons (Fsp3) is 0.400. The van der Waals surface area contributed by atoms with Gasteiger partial charge in [0, 0.05) is 19.0 Å². The maximum Gasteiger partial charge on any atom is 0.264 e. The number of amides is 1. The molecule has 3 aromatic rings. The van der Waals surface area contributed by atoms with E-state index in [2.05, 4.69) is 25.1 Å². The summed E-state index contributed by atoms with van der Waals surface area (Å²) in [7, 11) is 0. The number of nitrogens with one attached hydrogen (secondary N) is 1. The average Bonchev–Trinajstić information content (AvgIpc) is 3.15. The highest BCUT2D eigenvalue weighted by molar-refractivity contribution is 5.89. The van der Waals surface area contributed by atoms with Crippen LogP contribution in [0.15, 0.2) is 34.2 Å². The van der Waals surface area contributed by atoms with Gasteiger partial charge in [0.1, 0.15) is 11.6 Å². The molecule has 0 aromatic carbocycles. The number of aryl methyl sites for hydroxylation is 1. The standard InChI is InChI=1S/C15H18N6O3/c1-15(2,3)21-13-10(8-17-21)14(23)20(9-16-13)6-4-12(22)18-11-5-7-24-19-11/h5,7-9H,4,6H2,1-3H3,(H,18,19,22). The fourth-order valence-electron chi connectivity index (χ4n) is 2.30. The Labute approximate surface area is 137 Å². The topological polar surface area (TPSA) is 108 Å². The number of carbonyl (C=O) groups excluding carboxylic acids is 1. The van der Waals surface area contributed by atoms with Crippen LogP contribution in [0.1, 0.15) is 27.2 Å². The molecule has 3 heterocycles. The van der Waals surface area contributed by atoms with Gasteiger partial charge in [0.15, 0.2) is 11.5 Å². The lowest BCUT2D eigenvalue weighted by atomic mass is 10.1. The van der Waals surface area contributed by atoms with Crippen molar-refractivity contribution in [2.75, 3.05) is 5.32 Å². The van der Waals surface area contributed by atoms with Crippen molar-refractivity contribution in [3.63, 3.8) is 0 Å². The summed E-state index contributed by atoms with van der Waals surface area (Å²) in [6, 6.07) is 1.54. The Morgan fingerprint density at radius 2 is 2.17 bits per heavy atom. The van der Waals surface area contributed by atoms with Crippen LogP contribution >= 0.6 is 0 Å². The third-order valence-corrected chi connectivity index (χ3v) is 3.47. The Balaban J connectivity index is 1.77. The lowest BCUT2D eigenvalue weighted by Gasteiger charge is -2.19. The van der Waals surface area contributed by atoms with Gasteiger partial charge >= 0.3 is 0 Å². The van der Waals surface area contributed by atoms with Crippen molar-refractivity contribution < 1.29 is 9.32 Å². The molecule has 0 radical (unpaired) electrons. The number of carbonyl (C=O) groups is 1. The monoisotopic (exact) mass is 330 g/mol. The Morgan fingerprint density at radius 1 is 1.38 bits per heavy atom. The predicted molar refractivity (Wildman–Crippen MR) is 86.5 cm³/mol. The number of aromatic nitrogens is 5. The van der Waals surface area contributed by atoms with Gasteiger partial charge in [0.25, 0.3) is 5.56 Å². The zero-order valence-corrected chi connectivity index (χ0v) is 13.7. The highest BCUT2D eigenvalue weighted by atomic mass is 16.5. The minimum Gasteiger partial charge on any atom is -0.363 e. The molecule has 0 aliphatic rings. The number of nitrogens with zero attached hydrogens (tertiary/aromatic N) is 5. The van der Waals surface area contributed by atoms with Crippen molar-refractivity contribution >= 4 is 22.8 Å². The van der Waals surface area contributed by atoms with E-state index in [0.717, 1.165) is 0 Å². The van der Waals surface area contributed by atoms with E-state index in [0.29, 0.717) is 16.9 Å². The quantitative estimate of drug-likeness (QED) is 0.774. The van der Waals surface area contributed by atoms with E-state index in [4.69, 9.17) is 0 Å². The summed E-state index contributed by atoms with van der Waals surface area (Å²) in [5.74, 6) is 0.0775. The molecule has 3 rings (SSSR count). The molecule has 0 fully saturated rings. The molecule has 0 bridgehead atoms. The molecule has 0 aliphatic carbocycles. The van der Waals surface area contributed by atoms with E-state index < -0.39 is 0 Å². The minimum absolute atomic E-state index is 0.118. The molecule has 0 saturated heterocycles. The Hall–Kier alpha value is -2.97. The first-order valence-corrected chi connectivity index (χ1v) is 7.50. The van der Waals surface area contributed by atoms with Crippen LogP contribution in [0, 0.1) is 0 Å². The normalized spacial score (nSPS) is 11.8. The van der Waals surface area contributed by atoms with Crippen molar-refractivity contribution in [1.29, 1.82) is 0 Å².